The summed E-state index contributed by atoms with van der Waals surface area (Å²) in [7, 11) is 1.66. The van der Waals surface area contributed by atoms with E-state index in [1.54, 1.807) is 13.3 Å². The van der Waals surface area contributed by atoms with Gasteiger partial charge in [-0.3, -0.25) is 4.98 Å². The number of ether oxygens (including phenoxy) is 1. The van der Waals surface area contributed by atoms with Crippen molar-refractivity contribution in [3.8, 4) is 5.75 Å². The second-order valence-corrected chi connectivity index (χ2v) is 6.15. The van der Waals surface area contributed by atoms with E-state index in [9.17, 15) is 5.11 Å². The molecule has 2 aromatic rings. The maximum absolute atomic E-state index is 10.3. The summed E-state index contributed by atoms with van der Waals surface area (Å²) in [6.45, 7) is 3.43. The smallest absolute Gasteiger partial charge is 0.121 e. The van der Waals surface area contributed by atoms with E-state index in [2.05, 4.69) is 15.2 Å². The zero-order valence-corrected chi connectivity index (χ0v) is 13.7. The van der Waals surface area contributed by atoms with Crippen LogP contribution in [0.1, 0.15) is 19.3 Å². The van der Waals surface area contributed by atoms with Crippen molar-refractivity contribution in [3.63, 3.8) is 0 Å². The van der Waals surface area contributed by atoms with Crippen molar-refractivity contribution in [2.45, 2.75) is 25.4 Å². The highest BCUT2D eigenvalue weighted by Gasteiger charge is 2.15. The van der Waals surface area contributed by atoms with Crippen molar-refractivity contribution in [2.75, 3.05) is 38.6 Å². The number of anilines is 1. The third-order valence-corrected chi connectivity index (χ3v) is 4.36. The van der Waals surface area contributed by atoms with E-state index in [4.69, 9.17) is 4.74 Å². The second kappa shape index (κ2) is 7.62. The number of piperidine rings is 1. The van der Waals surface area contributed by atoms with Gasteiger partial charge in [-0.25, -0.2) is 0 Å². The predicted octanol–water partition coefficient (Wildman–Crippen LogP) is 2.50. The largest absolute Gasteiger partial charge is 0.497 e. The van der Waals surface area contributed by atoms with Crippen LogP contribution in [-0.4, -0.2) is 54.4 Å². The Morgan fingerprint density at radius 3 is 2.91 bits per heavy atom. The summed E-state index contributed by atoms with van der Waals surface area (Å²) in [4.78, 5) is 6.79. The molecular formula is C18H25N3O2. The monoisotopic (exact) mass is 315 g/mol. The molecule has 1 aromatic heterocycles. The highest BCUT2D eigenvalue weighted by Crippen LogP contribution is 2.27. The van der Waals surface area contributed by atoms with Gasteiger partial charge in [0, 0.05) is 30.7 Å². The van der Waals surface area contributed by atoms with Gasteiger partial charge in [-0.15, -0.1) is 0 Å². The zero-order chi connectivity index (χ0) is 16.1. The average Bonchev–Trinajstić information content (AvgIpc) is 2.60. The predicted molar refractivity (Wildman–Crippen MR) is 93.1 cm³/mol. The van der Waals surface area contributed by atoms with E-state index >= 15 is 0 Å². The lowest BCUT2D eigenvalue weighted by molar-refractivity contribution is 0.110. The maximum atomic E-state index is 10.3. The number of likely N-dealkylation sites (tertiary alicyclic amines) is 1. The van der Waals surface area contributed by atoms with Gasteiger partial charge in [0.1, 0.15) is 5.75 Å². The number of methoxy groups -OCH3 is 1. The number of benzene rings is 1. The molecule has 1 aliphatic rings. The fourth-order valence-electron chi connectivity index (χ4n) is 3.15. The molecule has 1 fully saturated rings. The Labute approximate surface area is 137 Å². The van der Waals surface area contributed by atoms with Crippen LogP contribution in [0.4, 0.5) is 5.69 Å². The minimum atomic E-state index is -0.391. The van der Waals surface area contributed by atoms with Gasteiger partial charge in [0.05, 0.1) is 24.4 Å². The number of nitrogens with zero attached hydrogens (tertiary/aromatic N) is 2. The number of rotatable bonds is 6. The fourth-order valence-corrected chi connectivity index (χ4v) is 3.15. The molecule has 2 heterocycles. The van der Waals surface area contributed by atoms with Gasteiger partial charge in [0.25, 0.3) is 0 Å². The van der Waals surface area contributed by atoms with Crippen molar-refractivity contribution in [1.82, 2.24) is 9.88 Å². The molecule has 1 aromatic carbocycles. The Kier molecular flexibility index (Phi) is 5.31. The van der Waals surface area contributed by atoms with Crippen LogP contribution in [0.5, 0.6) is 5.75 Å². The number of β-amino-alcohol motifs (C(OH)–C–C–N with tert-alkyl or cyclic N) is 1. The molecule has 5 nitrogen and oxygen atoms in total. The summed E-state index contributed by atoms with van der Waals surface area (Å²) in [5.74, 6) is 0.790. The highest BCUT2D eigenvalue weighted by molar-refractivity contribution is 5.91. The first-order valence-electron chi connectivity index (χ1n) is 8.33. The number of fused-ring (bicyclic) bond motifs is 1. The van der Waals surface area contributed by atoms with Crippen molar-refractivity contribution in [3.05, 3.63) is 30.5 Å². The van der Waals surface area contributed by atoms with E-state index in [0.29, 0.717) is 6.54 Å². The first-order valence-corrected chi connectivity index (χ1v) is 8.33. The molecule has 1 atom stereocenters. The van der Waals surface area contributed by atoms with E-state index < -0.39 is 6.10 Å². The van der Waals surface area contributed by atoms with E-state index in [-0.39, 0.29) is 0 Å². The Morgan fingerprint density at radius 1 is 1.30 bits per heavy atom. The Hall–Kier alpha value is -1.85. The zero-order valence-electron chi connectivity index (χ0n) is 13.7. The van der Waals surface area contributed by atoms with Crippen LogP contribution >= 0.6 is 0 Å². The standard InChI is InChI=1S/C18H25N3O2/c1-23-16-10-14-6-5-7-19-18(14)17(11-16)20-12-15(22)13-21-8-3-2-4-9-21/h5-7,10-11,15,20,22H,2-4,8-9,12-13H2,1H3. The molecule has 0 aliphatic carbocycles. The molecule has 0 radical (unpaired) electrons. The fraction of sp³-hybridized carbons (Fsp3) is 0.500. The molecule has 23 heavy (non-hydrogen) atoms. The molecule has 0 amide bonds. The molecule has 1 saturated heterocycles. The second-order valence-electron chi connectivity index (χ2n) is 6.15. The number of aliphatic hydroxyl groups is 1. The maximum Gasteiger partial charge on any atom is 0.121 e. The first-order chi connectivity index (χ1) is 11.3. The molecule has 124 valence electrons. The van der Waals surface area contributed by atoms with Crippen molar-refractivity contribution in [2.24, 2.45) is 0 Å². The molecule has 0 saturated carbocycles. The van der Waals surface area contributed by atoms with Crippen molar-refractivity contribution < 1.29 is 9.84 Å². The third-order valence-electron chi connectivity index (χ3n) is 4.36. The van der Waals surface area contributed by atoms with Crippen LogP contribution in [-0.2, 0) is 0 Å². The van der Waals surface area contributed by atoms with Gasteiger partial charge in [-0.05, 0) is 38.1 Å². The molecular weight excluding hydrogens is 290 g/mol. The number of aromatic nitrogens is 1. The molecule has 0 spiro atoms. The summed E-state index contributed by atoms with van der Waals surface area (Å²) in [6.07, 6.45) is 5.18. The van der Waals surface area contributed by atoms with Crippen LogP contribution in [0.2, 0.25) is 0 Å². The molecule has 1 unspecified atom stereocenters. The Bertz CT molecular complexity index is 641. The van der Waals surface area contributed by atoms with Gasteiger partial charge in [-0.2, -0.15) is 0 Å². The lowest BCUT2D eigenvalue weighted by Crippen LogP contribution is -2.39. The number of aliphatic hydroxyl groups excluding tert-OH is 1. The SMILES string of the molecule is COc1cc(NCC(O)CN2CCCCC2)c2ncccc2c1. The van der Waals surface area contributed by atoms with Gasteiger partial charge < -0.3 is 20.1 Å². The van der Waals surface area contributed by atoms with Gasteiger partial charge in [0.15, 0.2) is 0 Å². The quantitative estimate of drug-likeness (QED) is 0.858. The molecule has 5 heteroatoms. The van der Waals surface area contributed by atoms with Crippen LogP contribution in [0.25, 0.3) is 10.9 Å². The summed E-state index contributed by atoms with van der Waals surface area (Å²) in [5, 5.41) is 14.7. The van der Waals surface area contributed by atoms with Gasteiger partial charge in [-0.1, -0.05) is 12.5 Å². The Balaban J connectivity index is 1.66. The number of hydrogen-bond acceptors (Lipinski definition) is 5. The molecule has 1 aliphatic heterocycles. The number of nitrogens with one attached hydrogen (secondary N) is 1. The van der Waals surface area contributed by atoms with Gasteiger partial charge >= 0.3 is 0 Å². The van der Waals surface area contributed by atoms with E-state index in [0.717, 1.165) is 42.0 Å². The van der Waals surface area contributed by atoms with Crippen LogP contribution in [0, 0.1) is 0 Å². The summed E-state index contributed by atoms with van der Waals surface area (Å²) in [6, 6.07) is 7.83. The van der Waals surface area contributed by atoms with E-state index in [1.165, 1.54) is 19.3 Å². The lowest BCUT2D eigenvalue weighted by atomic mass is 10.1. The summed E-state index contributed by atoms with van der Waals surface area (Å²) in [5.41, 5.74) is 1.80. The number of hydrogen-bond donors (Lipinski definition) is 2. The summed E-state index contributed by atoms with van der Waals surface area (Å²) < 4.78 is 5.35. The summed E-state index contributed by atoms with van der Waals surface area (Å²) >= 11 is 0. The average molecular weight is 315 g/mol. The van der Waals surface area contributed by atoms with Crippen molar-refractivity contribution >= 4 is 16.6 Å². The first kappa shape index (κ1) is 16.0. The normalized spacial score (nSPS) is 17.1. The minimum Gasteiger partial charge on any atom is -0.497 e. The van der Waals surface area contributed by atoms with Crippen molar-refractivity contribution in [1.29, 1.82) is 0 Å². The van der Waals surface area contributed by atoms with Crippen LogP contribution in [0.3, 0.4) is 0 Å². The molecule has 3 rings (SSSR count). The minimum absolute atomic E-state index is 0.391. The van der Waals surface area contributed by atoms with Crippen LogP contribution in [0.15, 0.2) is 30.5 Å². The third kappa shape index (κ3) is 4.12. The molecule has 0 bridgehead atoms. The van der Waals surface area contributed by atoms with Crippen LogP contribution < -0.4 is 10.1 Å². The number of pyridine rings is 1. The Morgan fingerprint density at radius 2 is 2.13 bits per heavy atom. The molecule has 2 N–H and O–H groups in total. The van der Waals surface area contributed by atoms with E-state index in [1.807, 2.05) is 24.3 Å². The lowest BCUT2D eigenvalue weighted by Gasteiger charge is -2.28. The highest BCUT2D eigenvalue weighted by atomic mass is 16.5. The topological polar surface area (TPSA) is 57.6 Å². The van der Waals surface area contributed by atoms with Gasteiger partial charge in [0.2, 0.25) is 0 Å².